The Morgan fingerprint density at radius 3 is 1.81 bits per heavy atom. The van der Waals surface area contributed by atoms with Crippen LogP contribution in [0, 0.1) is 10.2 Å². The van der Waals surface area contributed by atoms with Crippen molar-refractivity contribution in [1.82, 2.24) is 4.90 Å². The van der Waals surface area contributed by atoms with E-state index in [-0.39, 0.29) is 6.10 Å². The quantitative estimate of drug-likeness (QED) is 0.667. The number of ether oxygens (including phenoxy) is 1. The predicted molar refractivity (Wildman–Crippen MR) is 86.3 cm³/mol. The van der Waals surface area contributed by atoms with Crippen LogP contribution in [0.4, 0.5) is 0 Å². The van der Waals surface area contributed by atoms with Crippen LogP contribution in [0.5, 0.6) is 0 Å². The van der Waals surface area contributed by atoms with Crippen molar-refractivity contribution < 1.29 is 33.6 Å². The normalized spacial score (nSPS) is 17.8. The van der Waals surface area contributed by atoms with Gasteiger partial charge in [-0.1, -0.05) is 67.6 Å². The van der Waals surface area contributed by atoms with Gasteiger partial charge >= 0.3 is 0 Å². The van der Waals surface area contributed by atoms with Gasteiger partial charge in [-0.15, -0.1) is 10.2 Å². The van der Waals surface area contributed by atoms with Crippen molar-refractivity contribution in [2.45, 2.75) is 25.6 Å². The maximum Gasteiger partial charge on any atom is 0.108 e. The molecule has 1 aliphatic heterocycles. The highest BCUT2D eigenvalue weighted by Gasteiger charge is 2.26. The molecule has 1 fully saturated rings. The summed E-state index contributed by atoms with van der Waals surface area (Å²) in [7, 11) is -4.94. The molecule has 2 aromatic carbocycles. The maximum absolute atomic E-state index is 8.49. The molecule has 0 spiro atoms. The largest absolute Gasteiger partial charge is 0.364 e. The summed E-state index contributed by atoms with van der Waals surface area (Å²) in [5.74, 6) is 0. The molecule has 1 atom stereocenters. The van der Waals surface area contributed by atoms with Gasteiger partial charge in [0.1, 0.15) is 6.10 Å². The highest BCUT2D eigenvalue weighted by Crippen LogP contribution is 2.29. The Morgan fingerprint density at radius 1 is 0.962 bits per heavy atom. The van der Waals surface area contributed by atoms with E-state index in [4.69, 9.17) is 23.4 Å². The molecular formula is C19H23ClNO5-. The first-order valence-electron chi connectivity index (χ1n) is 8.46. The van der Waals surface area contributed by atoms with Crippen molar-refractivity contribution in [3.05, 3.63) is 71.8 Å². The Morgan fingerprint density at radius 2 is 1.42 bits per heavy atom. The summed E-state index contributed by atoms with van der Waals surface area (Å²) in [6.07, 6.45) is 1.49. The SMILES string of the molecule is CCN1CCC(OC(c2ccccc2)c2ccccc2)C1.[O-][Cl+3]([O-])([O-])[O-]. The molecule has 1 aliphatic rings. The molecule has 1 heterocycles. The van der Waals surface area contributed by atoms with Crippen molar-refractivity contribution >= 4 is 0 Å². The van der Waals surface area contributed by atoms with Gasteiger partial charge in [0.25, 0.3) is 0 Å². The van der Waals surface area contributed by atoms with Crippen LogP contribution in [-0.4, -0.2) is 30.6 Å². The van der Waals surface area contributed by atoms with Gasteiger partial charge < -0.3 is 9.64 Å². The third-order valence-corrected chi connectivity index (χ3v) is 4.21. The first-order valence-corrected chi connectivity index (χ1v) is 9.69. The minimum Gasteiger partial charge on any atom is -0.364 e. The van der Waals surface area contributed by atoms with Crippen LogP contribution in [0.25, 0.3) is 0 Å². The second-order valence-corrected chi connectivity index (χ2v) is 6.78. The first kappa shape index (κ1) is 20.8. The lowest BCUT2D eigenvalue weighted by molar-refractivity contribution is -2.00. The smallest absolute Gasteiger partial charge is 0.108 e. The van der Waals surface area contributed by atoms with E-state index in [0.717, 1.165) is 26.1 Å². The fourth-order valence-corrected chi connectivity index (χ4v) is 2.99. The Kier molecular flexibility index (Phi) is 7.99. The van der Waals surface area contributed by atoms with E-state index in [9.17, 15) is 0 Å². The molecule has 0 bridgehead atoms. The summed E-state index contributed by atoms with van der Waals surface area (Å²) in [5, 5.41) is 0. The van der Waals surface area contributed by atoms with Crippen LogP contribution in [0.2, 0.25) is 0 Å². The topological polar surface area (TPSA) is 105 Å². The third-order valence-electron chi connectivity index (χ3n) is 4.21. The zero-order valence-corrected chi connectivity index (χ0v) is 15.4. The summed E-state index contributed by atoms with van der Waals surface area (Å²) >= 11 is 0. The second-order valence-electron chi connectivity index (χ2n) is 6.02. The number of hydrogen-bond donors (Lipinski definition) is 0. The van der Waals surface area contributed by atoms with E-state index < -0.39 is 10.2 Å². The van der Waals surface area contributed by atoms with Crippen molar-refractivity contribution in [1.29, 1.82) is 0 Å². The zero-order chi connectivity index (χ0) is 19.0. The van der Waals surface area contributed by atoms with Gasteiger partial charge in [-0.3, -0.25) is 0 Å². The summed E-state index contributed by atoms with van der Waals surface area (Å²) in [6, 6.07) is 21.1. The molecule has 0 N–H and O–H groups in total. The average molecular weight is 381 g/mol. The van der Waals surface area contributed by atoms with Gasteiger partial charge in [0.2, 0.25) is 0 Å². The summed E-state index contributed by atoms with van der Waals surface area (Å²) in [4.78, 5) is 2.46. The van der Waals surface area contributed by atoms with E-state index in [1.54, 1.807) is 0 Å². The van der Waals surface area contributed by atoms with Crippen LogP contribution < -0.4 is 18.6 Å². The van der Waals surface area contributed by atoms with Crippen molar-refractivity contribution in [3.63, 3.8) is 0 Å². The standard InChI is InChI=1S/C19H23NO.ClHO4/c1-2-20-14-13-18(15-20)21-19(16-9-5-3-6-10-16)17-11-7-4-8-12-17;2-1(3,4)5/h3-12,18-19H,2,13-15H2,1H3;(H,2,3,4,5)/p-1. The van der Waals surface area contributed by atoms with E-state index >= 15 is 0 Å². The van der Waals surface area contributed by atoms with Crippen molar-refractivity contribution in [2.75, 3.05) is 19.6 Å². The molecular weight excluding hydrogens is 358 g/mol. The van der Waals surface area contributed by atoms with Crippen LogP contribution in [-0.2, 0) is 4.74 Å². The number of hydrogen-bond acceptors (Lipinski definition) is 6. The minimum absolute atomic E-state index is 0.0363. The van der Waals surface area contributed by atoms with Crippen molar-refractivity contribution in [3.8, 4) is 0 Å². The maximum atomic E-state index is 8.49. The van der Waals surface area contributed by atoms with E-state index in [0.29, 0.717) is 6.10 Å². The average Bonchev–Trinajstić information content (AvgIpc) is 3.08. The summed E-state index contributed by atoms with van der Waals surface area (Å²) in [6.45, 7) is 5.53. The Hall–Kier alpha value is -1.51. The Bertz CT molecular complexity index is 590. The van der Waals surface area contributed by atoms with Gasteiger partial charge in [0.05, 0.1) is 6.10 Å². The molecule has 0 aromatic heterocycles. The van der Waals surface area contributed by atoms with Gasteiger partial charge in [-0.2, -0.15) is 0 Å². The van der Waals surface area contributed by atoms with Crippen LogP contribution >= 0.6 is 0 Å². The highest BCUT2D eigenvalue weighted by molar-refractivity contribution is 5.30. The Balaban J connectivity index is 0.000000431. The number of likely N-dealkylation sites (N-methyl/N-ethyl adjacent to an activating group) is 1. The number of nitrogens with zero attached hydrogens (tertiary/aromatic N) is 1. The zero-order valence-electron chi connectivity index (χ0n) is 14.6. The van der Waals surface area contributed by atoms with Gasteiger partial charge in [0.15, 0.2) is 0 Å². The number of benzene rings is 2. The van der Waals surface area contributed by atoms with E-state index in [1.807, 2.05) is 0 Å². The first-order chi connectivity index (χ1) is 12.4. The fraction of sp³-hybridized carbons (Fsp3) is 0.368. The highest BCUT2D eigenvalue weighted by atomic mass is 35.7. The summed E-state index contributed by atoms with van der Waals surface area (Å²) in [5.41, 5.74) is 2.47. The number of likely N-dealkylation sites (tertiary alicyclic amines) is 1. The fourth-order valence-electron chi connectivity index (χ4n) is 2.99. The molecule has 0 radical (unpaired) electrons. The minimum atomic E-state index is -4.94. The molecule has 0 amide bonds. The second kappa shape index (κ2) is 9.99. The molecule has 2 aromatic rings. The van der Waals surface area contributed by atoms with Gasteiger partial charge in [-0.05, 0) is 24.1 Å². The van der Waals surface area contributed by atoms with Gasteiger partial charge in [-0.25, -0.2) is 18.6 Å². The number of halogens is 1. The van der Waals surface area contributed by atoms with Crippen LogP contribution in [0.15, 0.2) is 60.7 Å². The molecule has 26 heavy (non-hydrogen) atoms. The molecule has 6 nitrogen and oxygen atoms in total. The van der Waals surface area contributed by atoms with Crippen molar-refractivity contribution in [2.24, 2.45) is 0 Å². The molecule has 1 unspecified atom stereocenters. The third kappa shape index (κ3) is 7.39. The summed E-state index contributed by atoms with van der Waals surface area (Å²) < 4.78 is 40.4. The molecule has 3 rings (SSSR count). The Labute approximate surface area is 156 Å². The van der Waals surface area contributed by atoms with E-state index in [1.165, 1.54) is 11.1 Å². The lowest BCUT2D eigenvalue weighted by Crippen LogP contribution is -2.68. The number of rotatable bonds is 5. The predicted octanol–water partition coefficient (Wildman–Crippen LogP) is -0.869. The van der Waals surface area contributed by atoms with E-state index in [2.05, 4.69) is 72.5 Å². The molecule has 1 saturated heterocycles. The molecule has 7 heteroatoms. The molecule has 142 valence electrons. The molecule has 0 aliphatic carbocycles. The lowest BCUT2D eigenvalue weighted by atomic mass is 10.0. The lowest BCUT2D eigenvalue weighted by Gasteiger charge is -2.23. The van der Waals surface area contributed by atoms with Gasteiger partial charge in [0, 0.05) is 13.1 Å². The molecule has 0 saturated carbocycles. The monoisotopic (exact) mass is 380 g/mol. The van der Waals surface area contributed by atoms with Crippen LogP contribution in [0.1, 0.15) is 30.6 Å². The van der Waals surface area contributed by atoms with Crippen LogP contribution in [0.3, 0.4) is 0 Å².